The van der Waals surface area contributed by atoms with Crippen LogP contribution in [0.15, 0.2) is 52.4 Å². The first-order valence-corrected chi connectivity index (χ1v) is 7.88. The molecule has 2 atom stereocenters. The van der Waals surface area contributed by atoms with Gasteiger partial charge in [0.25, 0.3) is 5.91 Å². The predicted octanol–water partition coefficient (Wildman–Crippen LogP) is 2.81. The third-order valence-corrected chi connectivity index (χ3v) is 4.32. The van der Waals surface area contributed by atoms with Gasteiger partial charge in [0.1, 0.15) is 12.0 Å². The first-order valence-electron chi connectivity index (χ1n) is 7.88. The molecule has 2 aliphatic heterocycles. The van der Waals surface area contributed by atoms with Crippen molar-refractivity contribution in [2.24, 2.45) is 11.1 Å². The highest BCUT2D eigenvalue weighted by Gasteiger charge is 2.45. The molecule has 0 saturated carbocycles. The number of furan rings is 1. The van der Waals surface area contributed by atoms with E-state index in [4.69, 9.17) is 9.25 Å². The zero-order valence-corrected chi connectivity index (χ0v) is 13.2. The van der Waals surface area contributed by atoms with Gasteiger partial charge in [0.05, 0.1) is 17.7 Å². The Bertz CT molecular complexity index is 858. The van der Waals surface area contributed by atoms with Crippen molar-refractivity contribution in [2.45, 2.75) is 19.6 Å². The average Bonchev–Trinajstić information content (AvgIpc) is 3.30. The molecule has 24 heavy (non-hydrogen) atoms. The molecule has 0 radical (unpaired) electrons. The first kappa shape index (κ1) is 14.6. The summed E-state index contributed by atoms with van der Waals surface area (Å²) in [5.41, 5.74) is 3.36. The Morgan fingerprint density at radius 1 is 1.33 bits per heavy atom. The number of aryl methyl sites for hydroxylation is 1. The minimum Gasteiger partial charge on any atom is -0.472 e. The summed E-state index contributed by atoms with van der Waals surface area (Å²) >= 11 is 0. The van der Waals surface area contributed by atoms with Crippen LogP contribution in [0, 0.1) is 24.7 Å². The van der Waals surface area contributed by atoms with Crippen LogP contribution < -0.4 is 0 Å². The molecule has 3 heterocycles. The van der Waals surface area contributed by atoms with Crippen molar-refractivity contribution in [1.82, 2.24) is 4.90 Å². The Morgan fingerprint density at radius 3 is 3.04 bits per heavy atom. The van der Waals surface area contributed by atoms with Crippen molar-refractivity contribution < 1.29 is 14.0 Å². The van der Waals surface area contributed by atoms with Crippen LogP contribution in [-0.2, 0) is 4.84 Å². The maximum Gasteiger partial charge on any atom is 0.260 e. The number of likely N-dealkylation sites (tertiary alicyclic amines) is 1. The molecule has 0 spiro atoms. The molecule has 2 unspecified atom stereocenters. The molecule has 1 aromatic carbocycles. The Balaban J connectivity index is 1.50. The molecule has 1 fully saturated rings. The number of fused-ring (bicyclic) bond motifs is 1. The number of rotatable bonds is 1. The van der Waals surface area contributed by atoms with E-state index >= 15 is 0 Å². The smallest absolute Gasteiger partial charge is 0.260 e. The van der Waals surface area contributed by atoms with Gasteiger partial charge >= 0.3 is 0 Å². The normalized spacial score (nSPS) is 21.5. The lowest BCUT2D eigenvalue weighted by Gasteiger charge is -2.20. The molecule has 1 saturated heterocycles. The van der Waals surface area contributed by atoms with Gasteiger partial charge in [-0.05, 0) is 43.0 Å². The minimum absolute atomic E-state index is 0.0400. The van der Waals surface area contributed by atoms with Gasteiger partial charge in [0, 0.05) is 12.1 Å². The number of amides is 1. The van der Waals surface area contributed by atoms with Crippen LogP contribution in [0.1, 0.15) is 27.9 Å². The van der Waals surface area contributed by atoms with Crippen molar-refractivity contribution in [1.29, 1.82) is 0 Å². The summed E-state index contributed by atoms with van der Waals surface area (Å²) in [6, 6.07) is 9.68. The molecule has 0 bridgehead atoms. The maximum absolute atomic E-state index is 12.5. The van der Waals surface area contributed by atoms with E-state index in [1.54, 1.807) is 11.0 Å². The van der Waals surface area contributed by atoms with Crippen LogP contribution in [0.5, 0.6) is 0 Å². The van der Waals surface area contributed by atoms with E-state index in [-0.39, 0.29) is 18.1 Å². The number of hydrogen-bond acceptors (Lipinski definition) is 4. The summed E-state index contributed by atoms with van der Waals surface area (Å²) in [6.07, 6.45) is 3.37. The first-order chi connectivity index (χ1) is 11.7. The van der Waals surface area contributed by atoms with Crippen LogP contribution in [0.2, 0.25) is 0 Å². The largest absolute Gasteiger partial charge is 0.472 e. The zero-order valence-electron chi connectivity index (χ0n) is 13.2. The molecule has 1 aromatic heterocycles. The number of oxime groups is 1. The van der Waals surface area contributed by atoms with E-state index in [9.17, 15) is 4.79 Å². The lowest BCUT2D eigenvalue weighted by molar-refractivity contribution is -0.0173. The lowest BCUT2D eigenvalue weighted by atomic mass is 10.0. The van der Waals surface area contributed by atoms with E-state index in [0.29, 0.717) is 17.8 Å². The van der Waals surface area contributed by atoms with Crippen LogP contribution >= 0.6 is 0 Å². The predicted molar refractivity (Wildman–Crippen MR) is 88.2 cm³/mol. The fraction of sp³-hybridized carbons (Fsp3) is 0.263. The van der Waals surface area contributed by atoms with E-state index in [2.05, 4.69) is 17.0 Å². The second-order valence-electron chi connectivity index (χ2n) is 6.00. The topological polar surface area (TPSA) is 55.0 Å². The van der Waals surface area contributed by atoms with Crippen molar-refractivity contribution in [3.8, 4) is 11.8 Å². The monoisotopic (exact) mass is 320 g/mol. The van der Waals surface area contributed by atoms with Gasteiger partial charge < -0.3 is 14.2 Å². The molecule has 5 nitrogen and oxygen atoms in total. The SMILES string of the molecule is Cc1cccc(C#CC2=NOC3C2CCN3C(=O)c2ccoc2)c1. The standard InChI is InChI=1S/C19H16N2O3/c1-13-3-2-4-14(11-13)5-6-17-16-7-9-21(19(16)24-20-17)18(22)15-8-10-23-12-15/h2-4,8,10-12,16,19H,7,9H2,1H3. The number of hydrogen-bond donors (Lipinski definition) is 0. The molecular formula is C19H16N2O3. The lowest BCUT2D eigenvalue weighted by Crippen LogP contribution is -2.37. The minimum atomic E-state index is -0.366. The van der Waals surface area contributed by atoms with Gasteiger partial charge in [-0.1, -0.05) is 23.2 Å². The molecule has 2 aliphatic rings. The van der Waals surface area contributed by atoms with Gasteiger partial charge in [-0.15, -0.1) is 0 Å². The van der Waals surface area contributed by atoms with Crippen molar-refractivity contribution in [2.75, 3.05) is 6.54 Å². The summed E-state index contributed by atoms with van der Waals surface area (Å²) in [5.74, 6) is 6.18. The molecule has 4 rings (SSSR count). The maximum atomic E-state index is 12.5. The Labute approximate surface area is 139 Å². The fourth-order valence-corrected chi connectivity index (χ4v) is 3.09. The van der Waals surface area contributed by atoms with E-state index in [1.807, 2.05) is 31.2 Å². The van der Waals surface area contributed by atoms with Gasteiger partial charge in [0.2, 0.25) is 6.23 Å². The number of carbonyl (C=O) groups is 1. The molecule has 120 valence electrons. The van der Waals surface area contributed by atoms with Crippen molar-refractivity contribution in [3.63, 3.8) is 0 Å². The zero-order chi connectivity index (χ0) is 16.5. The number of nitrogens with zero attached hydrogens (tertiary/aromatic N) is 2. The third kappa shape index (κ3) is 2.56. The fourth-order valence-electron chi connectivity index (χ4n) is 3.09. The number of benzene rings is 1. The van der Waals surface area contributed by atoms with Crippen molar-refractivity contribution in [3.05, 3.63) is 59.5 Å². The highest BCUT2D eigenvalue weighted by atomic mass is 16.7. The Kier molecular flexibility index (Phi) is 3.58. The summed E-state index contributed by atoms with van der Waals surface area (Å²) in [7, 11) is 0. The third-order valence-electron chi connectivity index (χ3n) is 4.32. The summed E-state index contributed by atoms with van der Waals surface area (Å²) in [5, 5.41) is 4.10. The van der Waals surface area contributed by atoms with Gasteiger partial charge in [-0.25, -0.2) is 0 Å². The van der Waals surface area contributed by atoms with Gasteiger partial charge in [-0.3, -0.25) is 4.79 Å². The van der Waals surface area contributed by atoms with E-state index in [1.165, 1.54) is 18.1 Å². The van der Waals surface area contributed by atoms with Crippen LogP contribution in [0.4, 0.5) is 0 Å². The van der Waals surface area contributed by atoms with E-state index < -0.39 is 0 Å². The summed E-state index contributed by atoms with van der Waals surface area (Å²) < 4.78 is 4.99. The molecule has 1 amide bonds. The highest BCUT2D eigenvalue weighted by Crippen LogP contribution is 2.32. The van der Waals surface area contributed by atoms with Gasteiger partial charge in [-0.2, -0.15) is 0 Å². The quantitative estimate of drug-likeness (QED) is 0.759. The summed E-state index contributed by atoms with van der Waals surface area (Å²) in [6.45, 7) is 2.66. The summed E-state index contributed by atoms with van der Waals surface area (Å²) in [4.78, 5) is 19.7. The average molecular weight is 320 g/mol. The second-order valence-corrected chi connectivity index (χ2v) is 6.00. The Hall–Kier alpha value is -3.00. The molecule has 0 N–H and O–H groups in total. The van der Waals surface area contributed by atoms with Gasteiger partial charge in [0.15, 0.2) is 0 Å². The van der Waals surface area contributed by atoms with Crippen LogP contribution in [0.3, 0.4) is 0 Å². The van der Waals surface area contributed by atoms with Crippen LogP contribution in [-0.4, -0.2) is 29.3 Å². The van der Waals surface area contributed by atoms with Crippen LogP contribution in [0.25, 0.3) is 0 Å². The van der Waals surface area contributed by atoms with Crippen molar-refractivity contribution >= 4 is 11.6 Å². The second kappa shape index (κ2) is 5.89. The molecule has 2 aromatic rings. The molecule has 5 heteroatoms. The molecule has 0 aliphatic carbocycles. The number of carbonyl (C=O) groups excluding carboxylic acids is 1. The highest BCUT2D eigenvalue weighted by molar-refractivity contribution is 6.04. The van der Waals surface area contributed by atoms with E-state index in [0.717, 1.165) is 12.0 Å². The Morgan fingerprint density at radius 2 is 2.25 bits per heavy atom. The molecular weight excluding hydrogens is 304 g/mol.